The van der Waals surface area contributed by atoms with Crippen molar-refractivity contribution < 1.29 is 21.9 Å². The normalized spacial score (nSPS) is 14.8. The van der Waals surface area contributed by atoms with Crippen LogP contribution in [0.3, 0.4) is 0 Å². The van der Waals surface area contributed by atoms with Crippen molar-refractivity contribution >= 4 is 16.1 Å². The highest BCUT2D eigenvalue weighted by Crippen LogP contribution is 2.31. The first-order valence-electron chi connectivity index (χ1n) is 9.56. The number of H-pyrrole nitrogens is 1. The molecule has 1 aromatic heterocycles. The molecule has 1 aliphatic carbocycles. The van der Waals surface area contributed by atoms with Gasteiger partial charge in [0.05, 0.1) is 4.91 Å². The summed E-state index contributed by atoms with van der Waals surface area (Å²) < 4.78 is 58.4. The molecular formula is C21H20F2N4O3S. The van der Waals surface area contributed by atoms with Gasteiger partial charge in [0.1, 0.15) is 17.6 Å². The molecule has 0 radical (unpaired) electrons. The van der Waals surface area contributed by atoms with Crippen molar-refractivity contribution in [2.24, 2.45) is 0 Å². The van der Waals surface area contributed by atoms with E-state index in [1.807, 2.05) is 18.2 Å². The number of ether oxygens (including phenoxy) is 1. The number of aromatic nitrogens is 3. The van der Waals surface area contributed by atoms with Crippen molar-refractivity contribution in [2.45, 2.75) is 32.4 Å². The molecule has 162 valence electrons. The summed E-state index contributed by atoms with van der Waals surface area (Å²) in [6.07, 6.45) is 2.17. The average Bonchev–Trinajstić information content (AvgIpc) is 3.18. The van der Waals surface area contributed by atoms with Gasteiger partial charge in [0.2, 0.25) is 10.0 Å². The van der Waals surface area contributed by atoms with Crippen LogP contribution in [0.4, 0.5) is 8.78 Å². The van der Waals surface area contributed by atoms with E-state index >= 15 is 0 Å². The molecular weight excluding hydrogens is 426 g/mol. The molecule has 1 heterocycles. The van der Waals surface area contributed by atoms with Crippen LogP contribution < -0.4 is 9.46 Å². The van der Waals surface area contributed by atoms with Gasteiger partial charge >= 0.3 is 6.61 Å². The Morgan fingerprint density at radius 1 is 1.13 bits per heavy atom. The number of rotatable bonds is 7. The lowest BCUT2D eigenvalue weighted by Crippen LogP contribution is -2.31. The fourth-order valence-electron chi connectivity index (χ4n) is 3.47. The second-order valence-corrected chi connectivity index (χ2v) is 8.86. The molecule has 0 aliphatic heterocycles. The Kier molecular flexibility index (Phi) is 5.84. The third kappa shape index (κ3) is 4.80. The van der Waals surface area contributed by atoms with E-state index in [4.69, 9.17) is 0 Å². The first-order chi connectivity index (χ1) is 14.8. The maximum atomic E-state index is 13.2. The van der Waals surface area contributed by atoms with Gasteiger partial charge in [0.15, 0.2) is 5.82 Å². The van der Waals surface area contributed by atoms with E-state index < -0.39 is 22.7 Å². The van der Waals surface area contributed by atoms with Crippen LogP contribution >= 0.6 is 0 Å². The third-order valence-corrected chi connectivity index (χ3v) is 6.48. The lowest BCUT2D eigenvalue weighted by molar-refractivity contribution is -0.0498. The predicted octanol–water partition coefficient (Wildman–Crippen LogP) is 3.71. The Morgan fingerprint density at radius 2 is 1.90 bits per heavy atom. The van der Waals surface area contributed by atoms with E-state index in [1.54, 1.807) is 31.2 Å². The number of nitrogens with one attached hydrogen (secondary N) is 2. The number of alkyl halides is 2. The fourth-order valence-corrected chi connectivity index (χ4v) is 4.82. The van der Waals surface area contributed by atoms with E-state index in [0.717, 1.165) is 5.56 Å². The minimum Gasteiger partial charge on any atom is -0.435 e. The summed E-state index contributed by atoms with van der Waals surface area (Å²) in [4.78, 5) is 4.50. The highest BCUT2D eigenvalue weighted by Gasteiger charge is 2.29. The number of hydrogen-bond acceptors (Lipinski definition) is 5. The van der Waals surface area contributed by atoms with Crippen LogP contribution in [0.25, 0.3) is 6.08 Å². The number of hydrogen-bond donors (Lipinski definition) is 2. The van der Waals surface area contributed by atoms with Gasteiger partial charge in [-0.15, -0.1) is 0 Å². The number of fused-ring (bicyclic) bond motifs is 1. The average molecular weight is 446 g/mol. The summed E-state index contributed by atoms with van der Waals surface area (Å²) in [6, 6.07) is 12.8. The van der Waals surface area contributed by atoms with Gasteiger partial charge in [0.25, 0.3) is 0 Å². The lowest BCUT2D eigenvalue weighted by atomic mass is 9.97. The van der Waals surface area contributed by atoms with Crippen molar-refractivity contribution in [2.75, 3.05) is 0 Å². The Morgan fingerprint density at radius 3 is 2.58 bits per heavy atom. The van der Waals surface area contributed by atoms with Crippen molar-refractivity contribution in [1.29, 1.82) is 0 Å². The van der Waals surface area contributed by atoms with Crippen molar-refractivity contribution in [1.82, 2.24) is 19.9 Å². The van der Waals surface area contributed by atoms with Gasteiger partial charge in [-0.05, 0) is 54.7 Å². The van der Waals surface area contributed by atoms with Gasteiger partial charge < -0.3 is 4.74 Å². The summed E-state index contributed by atoms with van der Waals surface area (Å²) in [5.41, 5.74) is 2.11. The molecule has 2 aromatic carbocycles. The first-order valence-corrected chi connectivity index (χ1v) is 11.0. The minimum absolute atomic E-state index is 0.0516. The van der Waals surface area contributed by atoms with E-state index in [2.05, 4.69) is 24.6 Å². The van der Waals surface area contributed by atoms with Crippen LogP contribution in [-0.4, -0.2) is 30.2 Å². The molecule has 4 rings (SSSR count). The summed E-state index contributed by atoms with van der Waals surface area (Å²) in [7, 11) is -3.88. The molecule has 0 fully saturated rings. The van der Waals surface area contributed by atoms with Gasteiger partial charge in [-0.1, -0.05) is 36.4 Å². The van der Waals surface area contributed by atoms with Crippen LogP contribution in [0.2, 0.25) is 0 Å². The molecule has 1 atom stereocenters. The summed E-state index contributed by atoms with van der Waals surface area (Å²) >= 11 is 0. The van der Waals surface area contributed by atoms with E-state index in [1.165, 1.54) is 12.1 Å². The Balaban J connectivity index is 1.63. The van der Waals surface area contributed by atoms with E-state index in [0.29, 0.717) is 29.2 Å². The van der Waals surface area contributed by atoms with Crippen molar-refractivity contribution in [3.63, 3.8) is 0 Å². The third-order valence-electron chi connectivity index (χ3n) is 4.92. The topological polar surface area (TPSA) is 97.0 Å². The number of benzene rings is 2. The van der Waals surface area contributed by atoms with E-state index in [9.17, 15) is 17.2 Å². The smallest absolute Gasteiger partial charge is 0.387 e. The second kappa shape index (κ2) is 8.56. The summed E-state index contributed by atoms with van der Waals surface area (Å²) in [6.45, 7) is -1.17. The van der Waals surface area contributed by atoms with Crippen LogP contribution in [0, 0.1) is 6.92 Å². The largest absolute Gasteiger partial charge is 0.435 e. The fraction of sp³-hybridized carbons (Fsp3) is 0.238. The van der Waals surface area contributed by atoms with Gasteiger partial charge in [-0.25, -0.2) is 13.4 Å². The van der Waals surface area contributed by atoms with Crippen molar-refractivity contribution in [3.05, 3.63) is 81.8 Å². The molecule has 1 aliphatic rings. The first kappa shape index (κ1) is 21.1. The van der Waals surface area contributed by atoms with Gasteiger partial charge in [-0.2, -0.15) is 18.6 Å². The number of halogens is 2. The van der Waals surface area contributed by atoms with Crippen LogP contribution in [0.15, 0.2) is 53.4 Å². The van der Waals surface area contributed by atoms with Crippen LogP contribution in [0.1, 0.15) is 40.8 Å². The quantitative estimate of drug-likeness (QED) is 0.577. The van der Waals surface area contributed by atoms with Crippen LogP contribution in [0.5, 0.6) is 5.75 Å². The number of sulfonamides is 1. The molecule has 3 aromatic rings. The summed E-state index contributed by atoms with van der Waals surface area (Å²) in [5, 5.41) is 6.87. The monoisotopic (exact) mass is 446 g/mol. The Labute approximate surface area is 178 Å². The highest BCUT2D eigenvalue weighted by atomic mass is 32.2. The molecule has 10 heteroatoms. The maximum Gasteiger partial charge on any atom is 0.387 e. The zero-order valence-electron chi connectivity index (χ0n) is 16.5. The van der Waals surface area contributed by atoms with E-state index in [-0.39, 0.29) is 17.1 Å². The second-order valence-electron chi connectivity index (χ2n) is 7.09. The molecule has 1 unspecified atom stereocenters. The number of nitrogens with zero attached hydrogens (tertiary/aromatic N) is 2. The zero-order chi connectivity index (χ0) is 22.0. The maximum absolute atomic E-state index is 13.2. The SMILES string of the molecule is Cc1nc(C(NS(=O)(=O)C2=Cc3ccc(OC(F)F)cc3CC2)c2ccccc2)n[nH]1. The Bertz CT molecular complexity index is 1210. The lowest BCUT2D eigenvalue weighted by Gasteiger charge is -2.21. The number of aromatic amines is 1. The molecule has 0 amide bonds. The molecule has 7 nitrogen and oxygen atoms in total. The highest BCUT2D eigenvalue weighted by molar-refractivity contribution is 7.93. The minimum atomic E-state index is -3.88. The Hall–Kier alpha value is -3.11. The zero-order valence-corrected chi connectivity index (χ0v) is 17.4. The van der Waals surface area contributed by atoms with Crippen LogP contribution in [-0.2, 0) is 16.4 Å². The molecule has 0 bridgehead atoms. The predicted molar refractivity (Wildman–Crippen MR) is 111 cm³/mol. The number of aryl methyl sites for hydroxylation is 2. The molecule has 0 saturated heterocycles. The summed E-state index contributed by atoms with van der Waals surface area (Å²) in [5.74, 6) is 0.941. The molecule has 0 saturated carbocycles. The standard InChI is InChI=1S/C21H20F2N4O3S/c1-13-24-20(26-25-13)19(14-5-3-2-4-6-14)27-31(28,29)18-10-8-15-11-17(30-21(22)23)9-7-16(15)12-18/h2-7,9,11-12,19,21,27H,8,10H2,1H3,(H,24,25,26). The van der Waals surface area contributed by atoms with Gasteiger partial charge in [-0.3, -0.25) is 5.10 Å². The molecule has 2 N–H and O–H groups in total. The molecule has 31 heavy (non-hydrogen) atoms. The molecule has 0 spiro atoms. The number of allylic oxidation sites excluding steroid dienone is 1. The van der Waals surface area contributed by atoms with Gasteiger partial charge in [0, 0.05) is 0 Å². The van der Waals surface area contributed by atoms with Crippen molar-refractivity contribution in [3.8, 4) is 5.75 Å².